The lowest BCUT2D eigenvalue weighted by Crippen LogP contribution is -2.26. The highest BCUT2D eigenvalue weighted by molar-refractivity contribution is 5.58. The van der Waals surface area contributed by atoms with Crippen LogP contribution in [0.15, 0.2) is 58.5 Å². The molecule has 106 valence electrons. The number of anilines is 2. The zero-order valence-electron chi connectivity index (χ0n) is 12.0. The molecule has 0 saturated heterocycles. The number of benzene rings is 2. The lowest BCUT2D eigenvalue weighted by Gasteiger charge is -2.27. The third-order valence-corrected chi connectivity index (χ3v) is 4.37. The molecule has 0 bridgehead atoms. The molecule has 3 heteroatoms. The SMILES string of the molecule is c1ccc(Nc2cccc3c2=NC2(CCCCC2)N=3)cc1. The first-order valence-electron chi connectivity index (χ1n) is 7.76. The van der Waals surface area contributed by atoms with Crippen LogP contribution in [0, 0.1) is 0 Å². The molecule has 0 unspecified atom stereocenters. The second kappa shape index (κ2) is 4.99. The molecule has 0 amide bonds. The van der Waals surface area contributed by atoms with Gasteiger partial charge in [-0.1, -0.05) is 30.7 Å². The van der Waals surface area contributed by atoms with Crippen molar-refractivity contribution in [3.8, 4) is 0 Å². The highest BCUT2D eigenvalue weighted by Crippen LogP contribution is 2.33. The summed E-state index contributed by atoms with van der Waals surface area (Å²) in [4.78, 5) is 9.95. The first-order chi connectivity index (χ1) is 10.3. The summed E-state index contributed by atoms with van der Waals surface area (Å²) in [6.45, 7) is 0. The number of fused-ring (bicyclic) bond motifs is 1. The standard InChI is InChI=1S/C18H19N3/c1-3-8-14(9-4-1)19-15-10-7-11-16-17(15)21-18(20-16)12-5-2-6-13-18/h1,3-4,7-11,19H,2,5-6,12-13H2. The van der Waals surface area contributed by atoms with Gasteiger partial charge in [-0.2, -0.15) is 0 Å². The van der Waals surface area contributed by atoms with Crippen molar-refractivity contribution in [3.63, 3.8) is 0 Å². The molecule has 2 aromatic carbocycles. The topological polar surface area (TPSA) is 36.8 Å². The number of hydrogen-bond acceptors (Lipinski definition) is 3. The van der Waals surface area contributed by atoms with Crippen molar-refractivity contribution in [3.05, 3.63) is 59.2 Å². The summed E-state index contributed by atoms with van der Waals surface area (Å²) in [5, 5.41) is 5.54. The molecule has 1 aliphatic carbocycles. The van der Waals surface area contributed by atoms with Gasteiger partial charge in [0.05, 0.1) is 11.0 Å². The Bertz CT molecular complexity index is 759. The molecular weight excluding hydrogens is 258 g/mol. The van der Waals surface area contributed by atoms with Crippen LogP contribution in [-0.2, 0) is 0 Å². The fourth-order valence-electron chi connectivity index (χ4n) is 3.32. The second-order valence-corrected chi connectivity index (χ2v) is 5.93. The lowest BCUT2D eigenvalue weighted by atomic mass is 9.90. The molecule has 4 rings (SSSR count). The van der Waals surface area contributed by atoms with Gasteiger partial charge < -0.3 is 5.32 Å². The maximum atomic E-state index is 5.01. The average Bonchev–Trinajstić information content (AvgIpc) is 2.88. The minimum Gasteiger partial charge on any atom is -0.354 e. The smallest absolute Gasteiger partial charge is 0.151 e. The van der Waals surface area contributed by atoms with E-state index in [4.69, 9.17) is 9.98 Å². The van der Waals surface area contributed by atoms with Gasteiger partial charge >= 0.3 is 0 Å². The van der Waals surface area contributed by atoms with Gasteiger partial charge in [0.2, 0.25) is 0 Å². The zero-order chi connectivity index (χ0) is 14.1. The summed E-state index contributed by atoms with van der Waals surface area (Å²) in [7, 11) is 0. The summed E-state index contributed by atoms with van der Waals surface area (Å²) >= 11 is 0. The summed E-state index contributed by atoms with van der Waals surface area (Å²) in [5.74, 6) is 0. The Hall–Kier alpha value is -2.16. The van der Waals surface area contributed by atoms with Crippen LogP contribution in [0.5, 0.6) is 0 Å². The lowest BCUT2D eigenvalue weighted by molar-refractivity contribution is 0.309. The highest BCUT2D eigenvalue weighted by Gasteiger charge is 2.33. The summed E-state index contributed by atoms with van der Waals surface area (Å²) in [5.41, 5.74) is 1.98. The Balaban J connectivity index is 1.76. The quantitative estimate of drug-likeness (QED) is 0.898. The van der Waals surface area contributed by atoms with Crippen molar-refractivity contribution in [1.82, 2.24) is 0 Å². The first-order valence-corrected chi connectivity index (χ1v) is 7.76. The molecule has 0 atom stereocenters. The van der Waals surface area contributed by atoms with E-state index in [-0.39, 0.29) is 5.66 Å². The molecule has 1 saturated carbocycles. The van der Waals surface area contributed by atoms with Crippen molar-refractivity contribution in [2.45, 2.75) is 37.8 Å². The Morgan fingerprint density at radius 1 is 0.810 bits per heavy atom. The van der Waals surface area contributed by atoms with E-state index in [1.807, 2.05) is 18.2 Å². The molecule has 1 spiro atoms. The van der Waals surface area contributed by atoms with Crippen molar-refractivity contribution >= 4 is 11.4 Å². The number of hydrogen-bond donors (Lipinski definition) is 1. The van der Waals surface area contributed by atoms with Gasteiger partial charge in [0.25, 0.3) is 0 Å². The number of para-hydroxylation sites is 2. The fraction of sp³-hybridized carbons (Fsp3) is 0.333. The Morgan fingerprint density at radius 3 is 2.43 bits per heavy atom. The van der Waals surface area contributed by atoms with Gasteiger partial charge in [-0.15, -0.1) is 0 Å². The number of rotatable bonds is 2. The van der Waals surface area contributed by atoms with Crippen molar-refractivity contribution in [1.29, 1.82) is 0 Å². The molecule has 1 heterocycles. The summed E-state index contributed by atoms with van der Waals surface area (Å²) in [6.07, 6.45) is 5.97. The van der Waals surface area contributed by atoms with E-state index in [2.05, 4.69) is 35.6 Å². The molecule has 1 N–H and O–H groups in total. The van der Waals surface area contributed by atoms with Crippen LogP contribution in [0.2, 0.25) is 0 Å². The monoisotopic (exact) mass is 277 g/mol. The van der Waals surface area contributed by atoms with Crippen molar-refractivity contribution in [2.75, 3.05) is 5.32 Å². The minimum absolute atomic E-state index is 0.172. The van der Waals surface area contributed by atoms with E-state index < -0.39 is 0 Å². The van der Waals surface area contributed by atoms with Gasteiger partial charge in [-0.25, -0.2) is 0 Å². The third kappa shape index (κ3) is 2.33. The van der Waals surface area contributed by atoms with Crippen molar-refractivity contribution in [2.24, 2.45) is 9.98 Å². The van der Waals surface area contributed by atoms with Crippen molar-refractivity contribution < 1.29 is 0 Å². The Morgan fingerprint density at radius 2 is 1.62 bits per heavy atom. The maximum absolute atomic E-state index is 5.01. The largest absolute Gasteiger partial charge is 0.354 e. The van der Waals surface area contributed by atoms with E-state index in [9.17, 15) is 0 Å². The first kappa shape index (κ1) is 12.6. The van der Waals surface area contributed by atoms with Gasteiger partial charge in [0.15, 0.2) is 5.66 Å². The van der Waals surface area contributed by atoms with Gasteiger partial charge in [-0.05, 0) is 49.9 Å². The van der Waals surface area contributed by atoms with Crippen LogP contribution in [0.25, 0.3) is 0 Å². The molecule has 2 aromatic rings. The molecule has 1 aliphatic heterocycles. The van der Waals surface area contributed by atoms with Gasteiger partial charge in [-0.3, -0.25) is 9.98 Å². The normalized spacial score (nSPS) is 18.7. The molecule has 0 aromatic heterocycles. The summed E-state index contributed by atoms with van der Waals surface area (Å²) < 4.78 is 0. The Labute approximate surface area is 124 Å². The molecular formula is C18H19N3. The molecule has 2 aliphatic rings. The third-order valence-electron chi connectivity index (χ3n) is 4.37. The molecule has 21 heavy (non-hydrogen) atoms. The molecule has 1 fully saturated rings. The van der Waals surface area contributed by atoms with E-state index in [1.165, 1.54) is 19.3 Å². The fourth-order valence-corrected chi connectivity index (χ4v) is 3.32. The van der Waals surface area contributed by atoms with Crippen LogP contribution in [0.4, 0.5) is 11.4 Å². The van der Waals surface area contributed by atoms with Gasteiger partial charge in [0, 0.05) is 5.69 Å². The van der Waals surface area contributed by atoms with E-state index in [0.717, 1.165) is 34.9 Å². The van der Waals surface area contributed by atoms with Crippen LogP contribution in [-0.4, -0.2) is 5.66 Å². The Kier molecular flexibility index (Phi) is 2.99. The summed E-state index contributed by atoms with van der Waals surface area (Å²) in [6, 6.07) is 16.5. The predicted octanol–water partition coefficient (Wildman–Crippen LogP) is 3.34. The highest BCUT2D eigenvalue weighted by atomic mass is 15.1. The number of nitrogens with zero attached hydrogens (tertiary/aromatic N) is 2. The minimum atomic E-state index is -0.172. The molecule has 0 radical (unpaired) electrons. The van der Waals surface area contributed by atoms with Crippen LogP contribution in [0.1, 0.15) is 32.1 Å². The predicted molar refractivity (Wildman–Crippen MR) is 84.3 cm³/mol. The van der Waals surface area contributed by atoms with Crippen LogP contribution in [0.3, 0.4) is 0 Å². The van der Waals surface area contributed by atoms with E-state index >= 15 is 0 Å². The van der Waals surface area contributed by atoms with Crippen LogP contribution >= 0.6 is 0 Å². The average molecular weight is 277 g/mol. The maximum Gasteiger partial charge on any atom is 0.151 e. The van der Waals surface area contributed by atoms with Gasteiger partial charge in [0.1, 0.15) is 5.36 Å². The van der Waals surface area contributed by atoms with Crippen LogP contribution < -0.4 is 16.0 Å². The van der Waals surface area contributed by atoms with E-state index in [0.29, 0.717) is 0 Å². The van der Waals surface area contributed by atoms with E-state index in [1.54, 1.807) is 0 Å². The zero-order valence-corrected chi connectivity index (χ0v) is 12.0. The molecule has 3 nitrogen and oxygen atoms in total. The second-order valence-electron chi connectivity index (χ2n) is 5.93. The number of nitrogens with one attached hydrogen (secondary N) is 1.